The van der Waals surface area contributed by atoms with E-state index in [2.05, 4.69) is 4.37 Å². The molecule has 2 heterocycles. The summed E-state index contributed by atoms with van der Waals surface area (Å²) in [5, 5.41) is 11.7. The molecule has 4 nitrogen and oxygen atoms in total. The fraction of sp³-hybridized carbons (Fsp3) is 0.571. The third-order valence-electron chi connectivity index (χ3n) is 2.20. The largest absolute Gasteiger partial charge is 0.382 e. The number of rotatable bonds is 1. The Morgan fingerprint density at radius 3 is 2.85 bits per heavy atom. The molecule has 1 fully saturated rings. The van der Waals surface area contributed by atoms with Crippen molar-refractivity contribution >= 4 is 21.4 Å². The highest BCUT2D eigenvalue weighted by molar-refractivity contribution is 7.91. The molecular weight excluding hydrogens is 210 g/mol. The molecule has 1 saturated heterocycles. The normalized spacial score (nSPS) is 32.1. The molecule has 1 aliphatic heterocycles. The van der Waals surface area contributed by atoms with E-state index in [-0.39, 0.29) is 17.9 Å². The van der Waals surface area contributed by atoms with Crippen LogP contribution in [0.25, 0.3) is 0 Å². The Hall–Kier alpha value is -0.460. The van der Waals surface area contributed by atoms with Gasteiger partial charge in [-0.2, -0.15) is 4.37 Å². The van der Waals surface area contributed by atoms with Crippen molar-refractivity contribution in [3.63, 3.8) is 0 Å². The van der Waals surface area contributed by atoms with E-state index in [1.54, 1.807) is 11.4 Å². The Balaban J connectivity index is 2.35. The number of aliphatic hydroxyl groups is 1. The summed E-state index contributed by atoms with van der Waals surface area (Å²) in [6.07, 6.45) is 0.263. The standard InChI is InChI=1S/C7H9NO3S2/c9-7(6-1-3-12-8-6)2-4-13(10,11)5-7/h1,3,9H,2,4-5H2. The molecule has 0 spiro atoms. The molecule has 0 aliphatic carbocycles. The van der Waals surface area contributed by atoms with Gasteiger partial charge >= 0.3 is 0 Å². The van der Waals surface area contributed by atoms with Crippen molar-refractivity contribution in [1.29, 1.82) is 0 Å². The second kappa shape index (κ2) is 2.76. The number of sulfone groups is 1. The second-order valence-electron chi connectivity index (χ2n) is 3.26. The fourth-order valence-corrected chi connectivity index (χ4v) is 3.89. The van der Waals surface area contributed by atoms with Gasteiger partial charge in [-0.15, -0.1) is 0 Å². The summed E-state index contributed by atoms with van der Waals surface area (Å²) in [6.45, 7) is 0. The van der Waals surface area contributed by atoms with Crippen LogP contribution in [0.3, 0.4) is 0 Å². The van der Waals surface area contributed by atoms with Gasteiger partial charge in [-0.05, 0) is 24.0 Å². The molecule has 1 aliphatic rings. The molecule has 6 heteroatoms. The van der Waals surface area contributed by atoms with Gasteiger partial charge in [0.05, 0.1) is 17.2 Å². The van der Waals surface area contributed by atoms with Crippen LogP contribution in [0, 0.1) is 0 Å². The van der Waals surface area contributed by atoms with Crippen LogP contribution in [0.5, 0.6) is 0 Å². The van der Waals surface area contributed by atoms with E-state index in [0.29, 0.717) is 5.69 Å². The molecule has 0 saturated carbocycles. The van der Waals surface area contributed by atoms with E-state index < -0.39 is 15.4 Å². The van der Waals surface area contributed by atoms with E-state index in [1.165, 1.54) is 11.5 Å². The van der Waals surface area contributed by atoms with Gasteiger partial charge in [-0.3, -0.25) is 0 Å². The maximum Gasteiger partial charge on any atom is 0.153 e. The zero-order valence-electron chi connectivity index (χ0n) is 6.80. The van der Waals surface area contributed by atoms with Gasteiger partial charge in [0.25, 0.3) is 0 Å². The van der Waals surface area contributed by atoms with Crippen LogP contribution in [-0.4, -0.2) is 29.4 Å². The summed E-state index contributed by atoms with van der Waals surface area (Å²) in [7, 11) is -3.07. The van der Waals surface area contributed by atoms with Gasteiger partial charge in [0, 0.05) is 5.38 Å². The van der Waals surface area contributed by atoms with Crippen molar-refractivity contribution in [3.05, 3.63) is 17.1 Å². The summed E-state index contributed by atoms with van der Waals surface area (Å²) in [5.41, 5.74) is -0.752. The number of hydrogen-bond acceptors (Lipinski definition) is 5. The van der Waals surface area contributed by atoms with Crippen molar-refractivity contribution in [3.8, 4) is 0 Å². The fourth-order valence-electron chi connectivity index (χ4n) is 1.49. The van der Waals surface area contributed by atoms with Crippen molar-refractivity contribution in [2.24, 2.45) is 0 Å². The van der Waals surface area contributed by atoms with Crippen LogP contribution in [0.15, 0.2) is 11.4 Å². The molecule has 0 radical (unpaired) electrons. The van der Waals surface area contributed by atoms with Crippen LogP contribution < -0.4 is 0 Å². The monoisotopic (exact) mass is 219 g/mol. The third kappa shape index (κ3) is 1.61. The maximum atomic E-state index is 11.2. The highest BCUT2D eigenvalue weighted by Crippen LogP contribution is 2.32. The van der Waals surface area contributed by atoms with Crippen LogP contribution in [0.4, 0.5) is 0 Å². The minimum Gasteiger partial charge on any atom is -0.382 e. The lowest BCUT2D eigenvalue weighted by Gasteiger charge is -2.16. The Morgan fingerprint density at radius 1 is 1.62 bits per heavy atom. The zero-order valence-corrected chi connectivity index (χ0v) is 8.44. The third-order valence-corrected chi connectivity index (χ3v) is 4.50. The van der Waals surface area contributed by atoms with Gasteiger partial charge in [0.15, 0.2) is 9.84 Å². The van der Waals surface area contributed by atoms with E-state index in [1.807, 2.05) is 0 Å². The van der Waals surface area contributed by atoms with Crippen LogP contribution in [-0.2, 0) is 15.4 Å². The van der Waals surface area contributed by atoms with Gasteiger partial charge in [-0.25, -0.2) is 8.42 Å². The SMILES string of the molecule is O=S1(=O)CCC(O)(c2ccsn2)C1. The zero-order chi connectivity index (χ0) is 9.53. The maximum absolute atomic E-state index is 11.2. The molecular formula is C7H9NO3S2. The Kier molecular flexibility index (Phi) is 1.94. The molecule has 1 unspecified atom stereocenters. The van der Waals surface area contributed by atoms with Crippen molar-refractivity contribution < 1.29 is 13.5 Å². The minimum absolute atomic E-state index is 0.0566. The van der Waals surface area contributed by atoms with E-state index >= 15 is 0 Å². The quantitative estimate of drug-likeness (QED) is 0.730. The lowest BCUT2D eigenvalue weighted by atomic mass is 10.00. The van der Waals surface area contributed by atoms with Gasteiger partial charge in [0.2, 0.25) is 0 Å². The lowest BCUT2D eigenvalue weighted by Crippen LogP contribution is -2.27. The summed E-state index contributed by atoms with van der Waals surface area (Å²) in [5.74, 6) is -0.134. The predicted octanol–water partition coefficient (Wildman–Crippen LogP) is 0.149. The van der Waals surface area contributed by atoms with E-state index in [4.69, 9.17) is 0 Å². The molecule has 13 heavy (non-hydrogen) atoms. The van der Waals surface area contributed by atoms with Crippen molar-refractivity contribution in [2.75, 3.05) is 11.5 Å². The number of nitrogens with zero attached hydrogens (tertiary/aromatic N) is 1. The highest BCUT2D eigenvalue weighted by atomic mass is 32.2. The molecule has 1 aromatic rings. The van der Waals surface area contributed by atoms with Crippen LogP contribution in [0.2, 0.25) is 0 Å². The topological polar surface area (TPSA) is 67.3 Å². The second-order valence-corrected chi connectivity index (χ2v) is 6.11. The molecule has 0 amide bonds. The number of hydrogen-bond donors (Lipinski definition) is 1. The number of aromatic nitrogens is 1. The minimum atomic E-state index is -3.07. The first kappa shape index (κ1) is 9.11. The Labute approximate surface area is 80.3 Å². The lowest BCUT2D eigenvalue weighted by molar-refractivity contribution is 0.0617. The molecule has 1 aromatic heterocycles. The average Bonchev–Trinajstić information content (AvgIpc) is 2.58. The average molecular weight is 219 g/mol. The molecule has 0 aromatic carbocycles. The molecule has 1 atom stereocenters. The van der Waals surface area contributed by atoms with Crippen molar-refractivity contribution in [2.45, 2.75) is 12.0 Å². The van der Waals surface area contributed by atoms with Gasteiger partial charge in [0.1, 0.15) is 5.60 Å². The molecule has 2 rings (SSSR count). The molecule has 72 valence electrons. The summed E-state index contributed by atoms with van der Waals surface area (Å²) in [4.78, 5) is 0. The molecule has 1 N–H and O–H groups in total. The summed E-state index contributed by atoms with van der Waals surface area (Å²) >= 11 is 1.22. The van der Waals surface area contributed by atoms with E-state index in [0.717, 1.165) is 0 Å². The van der Waals surface area contributed by atoms with Crippen LogP contribution >= 0.6 is 11.5 Å². The van der Waals surface area contributed by atoms with Crippen LogP contribution in [0.1, 0.15) is 12.1 Å². The van der Waals surface area contributed by atoms with E-state index in [9.17, 15) is 13.5 Å². The molecule has 0 bridgehead atoms. The summed E-state index contributed by atoms with van der Waals surface area (Å²) < 4.78 is 26.3. The first-order valence-corrected chi connectivity index (χ1v) is 6.51. The highest BCUT2D eigenvalue weighted by Gasteiger charge is 2.43. The first-order valence-electron chi connectivity index (χ1n) is 3.86. The smallest absolute Gasteiger partial charge is 0.153 e. The Morgan fingerprint density at radius 2 is 2.38 bits per heavy atom. The van der Waals surface area contributed by atoms with Crippen molar-refractivity contribution in [1.82, 2.24) is 4.37 Å². The summed E-state index contributed by atoms with van der Waals surface area (Å²) in [6, 6.07) is 1.67. The Bertz CT molecular complexity index is 397. The van der Waals surface area contributed by atoms with Gasteiger partial charge < -0.3 is 5.11 Å². The van der Waals surface area contributed by atoms with Gasteiger partial charge in [-0.1, -0.05) is 0 Å². The first-order chi connectivity index (χ1) is 6.02. The predicted molar refractivity (Wildman–Crippen MR) is 49.3 cm³/mol.